The molecule has 0 saturated heterocycles. The highest BCUT2D eigenvalue weighted by Crippen LogP contribution is 2.12. The van der Waals surface area contributed by atoms with Crippen molar-refractivity contribution in [2.75, 3.05) is 6.54 Å². The Kier molecular flexibility index (Phi) is 4.96. The SMILES string of the molecule is CCCc1ccc(C(=O)NCC(O)c2ccco2)cc1. The summed E-state index contributed by atoms with van der Waals surface area (Å²) < 4.78 is 5.07. The molecule has 0 aliphatic carbocycles. The molecule has 0 aliphatic heterocycles. The number of carbonyl (C=O) groups is 1. The Morgan fingerprint density at radius 3 is 2.65 bits per heavy atom. The van der Waals surface area contributed by atoms with Crippen molar-refractivity contribution in [2.45, 2.75) is 25.9 Å². The third kappa shape index (κ3) is 3.71. The van der Waals surface area contributed by atoms with Gasteiger partial charge < -0.3 is 14.8 Å². The van der Waals surface area contributed by atoms with E-state index in [0.717, 1.165) is 12.8 Å². The van der Waals surface area contributed by atoms with Crippen molar-refractivity contribution in [2.24, 2.45) is 0 Å². The number of rotatable bonds is 6. The molecule has 1 aromatic carbocycles. The average molecular weight is 273 g/mol. The molecule has 0 radical (unpaired) electrons. The highest BCUT2D eigenvalue weighted by atomic mass is 16.4. The van der Waals surface area contributed by atoms with E-state index in [1.807, 2.05) is 12.1 Å². The largest absolute Gasteiger partial charge is 0.467 e. The predicted molar refractivity (Wildman–Crippen MR) is 76.4 cm³/mol. The first-order valence-corrected chi connectivity index (χ1v) is 6.79. The molecule has 0 fully saturated rings. The van der Waals surface area contributed by atoms with Crippen LogP contribution in [0.3, 0.4) is 0 Å². The van der Waals surface area contributed by atoms with E-state index in [9.17, 15) is 9.90 Å². The number of carbonyl (C=O) groups excluding carboxylic acids is 1. The fraction of sp³-hybridized carbons (Fsp3) is 0.312. The van der Waals surface area contributed by atoms with Gasteiger partial charge in [0.2, 0.25) is 0 Å². The summed E-state index contributed by atoms with van der Waals surface area (Å²) in [6, 6.07) is 10.9. The van der Waals surface area contributed by atoms with Gasteiger partial charge in [0.05, 0.1) is 12.8 Å². The molecule has 0 saturated carbocycles. The number of amides is 1. The predicted octanol–water partition coefficient (Wildman–Crippen LogP) is 2.70. The van der Waals surface area contributed by atoms with Crippen LogP contribution in [0.4, 0.5) is 0 Å². The minimum atomic E-state index is -0.826. The zero-order valence-electron chi connectivity index (χ0n) is 11.5. The molecule has 1 amide bonds. The molecule has 0 bridgehead atoms. The summed E-state index contributed by atoms with van der Waals surface area (Å²) >= 11 is 0. The summed E-state index contributed by atoms with van der Waals surface area (Å²) in [6.07, 6.45) is 2.76. The second-order valence-corrected chi connectivity index (χ2v) is 4.69. The summed E-state index contributed by atoms with van der Waals surface area (Å²) in [5, 5.41) is 12.5. The van der Waals surface area contributed by atoms with Gasteiger partial charge >= 0.3 is 0 Å². The maximum absolute atomic E-state index is 11.9. The van der Waals surface area contributed by atoms with E-state index in [-0.39, 0.29) is 12.5 Å². The Balaban J connectivity index is 1.88. The third-order valence-electron chi connectivity index (χ3n) is 3.08. The number of aliphatic hydroxyl groups is 1. The van der Waals surface area contributed by atoms with Crippen molar-refractivity contribution in [3.8, 4) is 0 Å². The number of nitrogens with one attached hydrogen (secondary N) is 1. The standard InChI is InChI=1S/C16H19NO3/c1-2-4-12-6-8-13(9-7-12)16(19)17-11-14(18)15-5-3-10-20-15/h3,5-10,14,18H,2,4,11H2,1H3,(H,17,19). The van der Waals surface area contributed by atoms with Gasteiger partial charge in [-0.1, -0.05) is 25.5 Å². The van der Waals surface area contributed by atoms with E-state index in [2.05, 4.69) is 12.2 Å². The van der Waals surface area contributed by atoms with E-state index < -0.39 is 6.10 Å². The van der Waals surface area contributed by atoms with Gasteiger partial charge in [-0.15, -0.1) is 0 Å². The van der Waals surface area contributed by atoms with Gasteiger partial charge in [0, 0.05) is 5.56 Å². The molecule has 0 aliphatic rings. The van der Waals surface area contributed by atoms with Crippen LogP contribution in [0, 0.1) is 0 Å². The average Bonchev–Trinajstić information content (AvgIpc) is 3.00. The first kappa shape index (κ1) is 14.3. The molecule has 4 heteroatoms. The second kappa shape index (κ2) is 6.91. The van der Waals surface area contributed by atoms with Crippen molar-refractivity contribution in [1.29, 1.82) is 0 Å². The van der Waals surface area contributed by atoms with E-state index >= 15 is 0 Å². The van der Waals surface area contributed by atoms with Gasteiger partial charge in [0.25, 0.3) is 5.91 Å². The molecule has 20 heavy (non-hydrogen) atoms. The zero-order valence-corrected chi connectivity index (χ0v) is 11.5. The Morgan fingerprint density at radius 2 is 2.05 bits per heavy atom. The lowest BCUT2D eigenvalue weighted by Crippen LogP contribution is -2.28. The Labute approximate surface area is 118 Å². The van der Waals surface area contributed by atoms with Crippen molar-refractivity contribution < 1.29 is 14.3 Å². The van der Waals surface area contributed by atoms with Gasteiger partial charge in [0.15, 0.2) is 0 Å². The lowest BCUT2D eigenvalue weighted by atomic mass is 10.1. The monoisotopic (exact) mass is 273 g/mol. The highest BCUT2D eigenvalue weighted by Gasteiger charge is 2.12. The first-order valence-electron chi connectivity index (χ1n) is 6.79. The molecule has 2 rings (SSSR count). The Bertz CT molecular complexity index is 531. The highest BCUT2D eigenvalue weighted by molar-refractivity contribution is 5.94. The van der Waals surface area contributed by atoms with Crippen LogP contribution in [0.5, 0.6) is 0 Å². The molecule has 2 N–H and O–H groups in total. The number of aliphatic hydroxyl groups excluding tert-OH is 1. The normalized spacial score (nSPS) is 12.1. The molecular weight excluding hydrogens is 254 g/mol. The molecule has 1 unspecified atom stereocenters. The smallest absolute Gasteiger partial charge is 0.251 e. The van der Waals surface area contributed by atoms with Crippen LogP contribution in [0.25, 0.3) is 0 Å². The lowest BCUT2D eigenvalue weighted by molar-refractivity contribution is 0.0901. The lowest BCUT2D eigenvalue weighted by Gasteiger charge is -2.10. The topological polar surface area (TPSA) is 62.5 Å². The van der Waals surface area contributed by atoms with Gasteiger partial charge in [-0.25, -0.2) is 0 Å². The van der Waals surface area contributed by atoms with Crippen molar-refractivity contribution in [1.82, 2.24) is 5.32 Å². The minimum absolute atomic E-state index is 0.128. The number of benzene rings is 1. The molecule has 0 spiro atoms. The van der Waals surface area contributed by atoms with E-state index in [0.29, 0.717) is 11.3 Å². The minimum Gasteiger partial charge on any atom is -0.467 e. The fourth-order valence-corrected chi connectivity index (χ4v) is 1.98. The maximum Gasteiger partial charge on any atom is 0.251 e. The van der Waals surface area contributed by atoms with Gasteiger partial charge in [0.1, 0.15) is 11.9 Å². The van der Waals surface area contributed by atoms with Crippen LogP contribution in [-0.2, 0) is 6.42 Å². The summed E-state index contributed by atoms with van der Waals surface area (Å²) in [7, 11) is 0. The molecule has 1 aromatic heterocycles. The summed E-state index contributed by atoms with van der Waals surface area (Å²) in [6.45, 7) is 2.25. The second-order valence-electron chi connectivity index (χ2n) is 4.69. The van der Waals surface area contributed by atoms with Crippen molar-refractivity contribution >= 4 is 5.91 Å². The maximum atomic E-state index is 11.9. The van der Waals surface area contributed by atoms with Gasteiger partial charge in [-0.3, -0.25) is 4.79 Å². The zero-order chi connectivity index (χ0) is 14.4. The number of hydrogen-bond donors (Lipinski definition) is 2. The van der Waals surface area contributed by atoms with Crippen molar-refractivity contribution in [3.05, 3.63) is 59.5 Å². The summed E-state index contributed by atoms with van der Waals surface area (Å²) in [5.41, 5.74) is 1.82. The van der Waals surface area contributed by atoms with Crippen LogP contribution in [0.1, 0.15) is 41.1 Å². The number of hydrogen-bond acceptors (Lipinski definition) is 3. The van der Waals surface area contributed by atoms with Gasteiger partial charge in [-0.05, 0) is 36.2 Å². The third-order valence-corrected chi connectivity index (χ3v) is 3.08. The van der Waals surface area contributed by atoms with Crippen molar-refractivity contribution in [3.63, 3.8) is 0 Å². The van der Waals surface area contributed by atoms with E-state index in [4.69, 9.17) is 4.42 Å². The quantitative estimate of drug-likeness (QED) is 0.850. The molecular formula is C16H19NO3. The van der Waals surface area contributed by atoms with Crippen LogP contribution in [0.2, 0.25) is 0 Å². The van der Waals surface area contributed by atoms with Crippen LogP contribution in [-0.4, -0.2) is 17.6 Å². The van der Waals surface area contributed by atoms with E-state index in [1.165, 1.54) is 11.8 Å². The molecule has 1 atom stereocenters. The number of aryl methyl sites for hydroxylation is 1. The van der Waals surface area contributed by atoms with Crippen LogP contribution in [0.15, 0.2) is 47.1 Å². The molecule has 1 heterocycles. The van der Waals surface area contributed by atoms with Crippen LogP contribution >= 0.6 is 0 Å². The first-order chi connectivity index (χ1) is 9.70. The summed E-state index contributed by atoms with van der Waals surface area (Å²) in [5.74, 6) is 0.252. The molecule has 4 nitrogen and oxygen atoms in total. The van der Waals surface area contributed by atoms with Crippen LogP contribution < -0.4 is 5.32 Å². The molecule has 2 aromatic rings. The van der Waals surface area contributed by atoms with E-state index in [1.54, 1.807) is 24.3 Å². The van der Waals surface area contributed by atoms with Gasteiger partial charge in [-0.2, -0.15) is 0 Å². The Hall–Kier alpha value is -2.07. The Morgan fingerprint density at radius 1 is 1.30 bits per heavy atom. The molecule has 106 valence electrons. The fourth-order valence-electron chi connectivity index (χ4n) is 1.98. The number of furan rings is 1. The summed E-state index contributed by atoms with van der Waals surface area (Å²) in [4.78, 5) is 11.9.